The zero-order valence-corrected chi connectivity index (χ0v) is 9.08. The van der Waals surface area contributed by atoms with Crippen LogP contribution in [0.4, 0.5) is 0 Å². The number of nitrogens with one attached hydrogen (secondary N) is 1. The summed E-state index contributed by atoms with van der Waals surface area (Å²) in [6.07, 6.45) is 1.71. The molecule has 4 heteroatoms. The normalized spacial score (nSPS) is 10.3. The molecule has 0 aliphatic carbocycles. The van der Waals surface area contributed by atoms with Gasteiger partial charge >= 0.3 is 0 Å². The Morgan fingerprint density at radius 2 is 2.07 bits per heavy atom. The third kappa shape index (κ3) is 2.30. The fourth-order valence-corrected chi connectivity index (χ4v) is 1.49. The van der Waals surface area contributed by atoms with E-state index < -0.39 is 0 Å². The second-order valence-electron chi connectivity index (χ2n) is 3.05. The molecular weight excluding hydrogens is 212 g/mol. The largest absolute Gasteiger partial charge is 0.494 e. The van der Waals surface area contributed by atoms with Crippen molar-refractivity contribution in [2.24, 2.45) is 0 Å². The van der Waals surface area contributed by atoms with Gasteiger partial charge in [0.25, 0.3) is 0 Å². The van der Waals surface area contributed by atoms with Crippen LogP contribution in [0.25, 0.3) is 11.3 Å². The van der Waals surface area contributed by atoms with Gasteiger partial charge in [-0.3, -0.25) is 0 Å². The molecule has 1 heterocycles. The molecule has 1 N–H and O–H groups in total. The molecule has 0 atom stereocenters. The first-order valence-electron chi connectivity index (χ1n) is 4.73. The van der Waals surface area contributed by atoms with Crippen LogP contribution in [0.15, 0.2) is 30.5 Å². The number of rotatable bonds is 3. The number of benzene rings is 1. The standard InChI is InChI=1S/C11H11ClN2O/c1-2-15-9-5-3-8(4-6-9)10-7-13-11(12)14-10/h3-7H,2H2,1H3,(H,13,14). The van der Waals surface area contributed by atoms with Gasteiger partial charge in [0.15, 0.2) is 5.28 Å². The minimum absolute atomic E-state index is 0.402. The molecule has 1 aromatic carbocycles. The first kappa shape index (κ1) is 10.1. The number of halogens is 1. The lowest BCUT2D eigenvalue weighted by Gasteiger charge is -2.03. The zero-order chi connectivity index (χ0) is 10.7. The lowest BCUT2D eigenvalue weighted by Crippen LogP contribution is -1.90. The topological polar surface area (TPSA) is 37.9 Å². The van der Waals surface area contributed by atoms with Crippen LogP contribution in [0.3, 0.4) is 0 Å². The fourth-order valence-electron chi connectivity index (χ4n) is 1.34. The summed E-state index contributed by atoms with van der Waals surface area (Å²) in [5.74, 6) is 0.867. The first-order chi connectivity index (χ1) is 7.29. The zero-order valence-electron chi connectivity index (χ0n) is 8.33. The number of aromatic amines is 1. The van der Waals surface area contributed by atoms with Crippen LogP contribution in [0, 0.1) is 0 Å². The summed E-state index contributed by atoms with van der Waals surface area (Å²) in [6.45, 7) is 2.64. The molecule has 0 aliphatic rings. The number of hydrogen-bond donors (Lipinski definition) is 1. The molecule has 3 nitrogen and oxygen atoms in total. The Labute approximate surface area is 93.1 Å². The Bertz CT molecular complexity index is 436. The van der Waals surface area contributed by atoms with E-state index in [-0.39, 0.29) is 0 Å². The molecule has 0 radical (unpaired) electrons. The van der Waals surface area contributed by atoms with Gasteiger partial charge in [-0.15, -0.1) is 0 Å². The number of aromatic nitrogens is 2. The lowest BCUT2D eigenvalue weighted by molar-refractivity contribution is 0.340. The van der Waals surface area contributed by atoms with Crippen molar-refractivity contribution in [2.75, 3.05) is 6.61 Å². The van der Waals surface area contributed by atoms with E-state index in [0.717, 1.165) is 17.0 Å². The van der Waals surface area contributed by atoms with Gasteiger partial charge in [-0.1, -0.05) is 0 Å². The van der Waals surface area contributed by atoms with E-state index in [4.69, 9.17) is 16.3 Å². The van der Waals surface area contributed by atoms with E-state index in [1.54, 1.807) is 6.20 Å². The average Bonchev–Trinajstić information content (AvgIpc) is 2.67. The predicted molar refractivity (Wildman–Crippen MR) is 60.2 cm³/mol. The Kier molecular flexibility index (Phi) is 2.92. The number of H-pyrrole nitrogens is 1. The maximum absolute atomic E-state index is 5.70. The molecule has 2 rings (SSSR count). The van der Waals surface area contributed by atoms with Gasteiger partial charge in [0.05, 0.1) is 18.5 Å². The van der Waals surface area contributed by atoms with Crippen molar-refractivity contribution in [3.05, 3.63) is 35.7 Å². The number of imidazole rings is 1. The van der Waals surface area contributed by atoms with E-state index >= 15 is 0 Å². The van der Waals surface area contributed by atoms with Crippen molar-refractivity contribution >= 4 is 11.6 Å². The second kappa shape index (κ2) is 4.36. The third-order valence-corrected chi connectivity index (χ3v) is 2.21. The van der Waals surface area contributed by atoms with E-state index in [1.807, 2.05) is 31.2 Å². The van der Waals surface area contributed by atoms with Crippen molar-refractivity contribution < 1.29 is 4.74 Å². The maximum atomic E-state index is 5.70. The van der Waals surface area contributed by atoms with Gasteiger partial charge in [0, 0.05) is 0 Å². The number of nitrogens with zero attached hydrogens (tertiary/aromatic N) is 1. The van der Waals surface area contributed by atoms with Crippen molar-refractivity contribution in [3.8, 4) is 17.0 Å². The summed E-state index contributed by atoms with van der Waals surface area (Å²) in [6, 6.07) is 7.78. The summed E-state index contributed by atoms with van der Waals surface area (Å²) in [7, 11) is 0. The van der Waals surface area contributed by atoms with Crippen LogP contribution < -0.4 is 4.74 Å². The van der Waals surface area contributed by atoms with Gasteiger partial charge in [0.1, 0.15) is 5.75 Å². The Hall–Kier alpha value is -1.48. The molecule has 15 heavy (non-hydrogen) atoms. The molecular formula is C11H11ClN2O. The van der Waals surface area contributed by atoms with E-state index in [9.17, 15) is 0 Å². The molecule has 0 aliphatic heterocycles. The van der Waals surface area contributed by atoms with E-state index in [1.165, 1.54) is 0 Å². The summed E-state index contributed by atoms with van der Waals surface area (Å²) < 4.78 is 5.35. The number of ether oxygens (including phenoxy) is 1. The van der Waals surface area contributed by atoms with Gasteiger partial charge in [-0.2, -0.15) is 0 Å². The predicted octanol–water partition coefficient (Wildman–Crippen LogP) is 3.13. The highest BCUT2D eigenvalue weighted by Gasteiger charge is 2.01. The molecule has 0 unspecified atom stereocenters. The second-order valence-corrected chi connectivity index (χ2v) is 3.40. The molecule has 0 spiro atoms. The Morgan fingerprint density at radius 1 is 1.33 bits per heavy atom. The molecule has 2 aromatic rings. The van der Waals surface area contributed by atoms with Gasteiger partial charge < -0.3 is 9.72 Å². The Balaban J connectivity index is 2.23. The lowest BCUT2D eigenvalue weighted by atomic mass is 10.2. The Morgan fingerprint density at radius 3 is 2.60 bits per heavy atom. The van der Waals surface area contributed by atoms with Gasteiger partial charge in [-0.25, -0.2) is 4.98 Å². The molecule has 0 bridgehead atoms. The highest BCUT2D eigenvalue weighted by atomic mass is 35.5. The quantitative estimate of drug-likeness (QED) is 0.867. The molecule has 0 saturated carbocycles. The number of hydrogen-bond acceptors (Lipinski definition) is 2. The summed E-state index contributed by atoms with van der Waals surface area (Å²) in [5, 5.41) is 0.402. The smallest absolute Gasteiger partial charge is 0.200 e. The van der Waals surface area contributed by atoms with Crippen molar-refractivity contribution in [1.29, 1.82) is 0 Å². The van der Waals surface area contributed by atoms with E-state index in [2.05, 4.69) is 9.97 Å². The van der Waals surface area contributed by atoms with Gasteiger partial charge in [-0.05, 0) is 48.4 Å². The van der Waals surface area contributed by atoms with Crippen LogP contribution in [0.5, 0.6) is 5.75 Å². The van der Waals surface area contributed by atoms with Crippen LogP contribution >= 0.6 is 11.6 Å². The van der Waals surface area contributed by atoms with Crippen molar-refractivity contribution in [3.63, 3.8) is 0 Å². The fraction of sp³-hybridized carbons (Fsp3) is 0.182. The van der Waals surface area contributed by atoms with Crippen molar-refractivity contribution in [1.82, 2.24) is 9.97 Å². The van der Waals surface area contributed by atoms with Crippen molar-refractivity contribution in [2.45, 2.75) is 6.92 Å². The van der Waals surface area contributed by atoms with E-state index in [0.29, 0.717) is 11.9 Å². The first-order valence-corrected chi connectivity index (χ1v) is 5.11. The summed E-state index contributed by atoms with van der Waals surface area (Å²) >= 11 is 5.70. The molecule has 0 fully saturated rings. The highest BCUT2D eigenvalue weighted by molar-refractivity contribution is 6.28. The van der Waals surface area contributed by atoms with Gasteiger partial charge in [0.2, 0.25) is 0 Å². The monoisotopic (exact) mass is 222 g/mol. The summed E-state index contributed by atoms with van der Waals surface area (Å²) in [5.41, 5.74) is 1.95. The van der Waals surface area contributed by atoms with Crippen LogP contribution in [0.1, 0.15) is 6.92 Å². The third-order valence-electron chi connectivity index (χ3n) is 2.02. The minimum atomic E-state index is 0.402. The van der Waals surface area contributed by atoms with Crippen LogP contribution in [0.2, 0.25) is 5.28 Å². The maximum Gasteiger partial charge on any atom is 0.200 e. The molecule has 1 aromatic heterocycles. The molecule has 0 saturated heterocycles. The minimum Gasteiger partial charge on any atom is -0.494 e. The average molecular weight is 223 g/mol. The highest BCUT2D eigenvalue weighted by Crippen LogP contribution is 2.21. The molecule has 78 valence electrons. The van der Waals surface area contributed by atoms with Crippen LogP contribution in [-0.2, 0) is 0 Å². The molecule has 0 amide bonds. The van der Waals surface area contributed by atoms with Crippen LogP contribution in [-0.4, -0.2) is 16.6 Å². The SMILES string of the molecule is CCOc1ccc(-c2cnc(Cl)[nH]2)cc1. The summed E-state index contributed by atoms with van der Waals surface area (Å²) in [4.78, 5) is 6.89.